The van der Waals surface area contributed by atoms with Crippen molar-refractivity contribution in [2.45, 2.75) is 13.0 Å². The average molecular weight is 171 g/mol. The maximum absolute atomic E-state index is 9.54. The molecule has 62 valence electrons. The second-order valence-corrected chi connectivity index (χ2v) is 3.49. The van der Waals surface area contributed by atoms with Crippen LogP contribution in [0, 0.1) is 6.92 Å². The first-order chi connectivity index (χ1) is 5.25. The molecule has 0 saturated heterocycles. The SMILES string of the molecule is CNCC(O)c1sccc1C. The zero-order valence-corrected chi connectivity index (χ0v) is 7.61. The summed E-state index contributed by atoms with van der Waals surface area (Å²) < 4.78 is 0. The fourth-order valence-corrected chi connectivity index (χ4v) is 1.92. The van der Waals surface area contributed by atoms with Crippen LogP contribution in [0.3, 0.4) is 0 Å². The van der Waals surface area contributed by atoms with E-state index in [2.05, 4.69) is 5.32 Å². The van der Waals surface area contributed by atoms with Gasteiger partial charge in [-0.15, -0.1) is 11.3 Å². The Hall–Kier alpha value is -0.380. The van der Waals surface area contributed by atoms with Gasteiger partial charge in [-0.05, 0) is 31.0 Å². The summed E-state index contributed by atoms with van der Waals surface area (Å²) in [6.45, 7) is 2.64. The minimum atomic E-state index is -0.347. The predicted octanol–water partition coefficient (Wildman–Crippen LogP) is 1.31. The largest absolute Gasteiger partial charge is 0.386 e. The Morgan fingerprint density at radius 2 is 2.45 bits per heavy atom. The van der Waals surface area contributed by atoms with Gasteiger partial charge in [0.25, 0.3) is 0 Å². The van der Waals surface area contributed by atoms with Crippen LogP contribution in [0.1, 0.15) is 16.5 Å². The quantitative estimate of drug-likeness (QED) is 0.718. The molecule has 0 spiro atoms. The van der Waals surface area contributed by atoms with Gasteiger partial charge in [0.05, 0.1) is 0 Å². The van der Waals surface area contributed by atoms with Gasteiger partial charge in [-0.25, -0.2) is 0 Å². The van der Waals surface area contributed by atoms with Crippen molar-refractivity contribution >= 4 is 11.3 Å². The molecule has 0 aromatic carbocycles. The molecule has 1 aromatic heterocycles. The number of thiophene rings is 1. The van der Waals surface area contributed by atoms with Gasteiger partial charge >= 0.3 is 0 Å². The number of nitrogens with one attached hydrogen (secondary N) is 1. The molecule has 0 aliphatic rings. The lowest BCUT2D eigenvalue weighted by atomic mass is 10.2. The third kappa shape index (κ3) is 2.02. The molecule has 0 radical (unpaired) electrons. The average Bonchev–Trinajstić information content (AvgIpc) is 2.36. The molecule has 1 atom stereocenters. The lowest BCUT2D eigenvalue weighted by Crippen LogP contribution is -2.16. The van der Waals surface area contributed by atoms with Crippen LogP contribution in [-0.2, 0) is 0 Å². The molecule has 1 rings (SSSR count). The smallest absolute Gasteiger partial charge is 0.101 e. The van der Waals surface area contributed by atoms with E-state index in [1.807, 2.05) is 25.4 Å². The molecule has 11 heavy (non-hydrogen) atoms. The number of aliphatic hydroxyl groups excluding tert-OH is 1. The molecular weight excluding hydrogens is 158 g/mol. The molecule has 0 aliphatic heterocycles. The molecule has 0 amide bonds. The summed E-state index contributed by atoms with van der Waals surface area (Å²) in [7, 11) is 1.84. The Labute approximate surface area is 70.9 Å². The Kier molecular flexibility index (Phi) is 3.05. The van der Waals surface area contributed by atoms with Gasteiger partial charge in [0.1, 0.15) is 6.10 Å². The van der Waals surface area contributed by atoms with Crippen molar-refractivity contribution in [3.8, 4) is 0 Å². The Morgan fingerprint density at radius 3 is 2.91 bits per heavy atom. The van der Waals surface area contributed by atoms with Crippen molar-refractivity contribution in [2.75, 3.05) is 13.6 Å². The van der Waals surface area contributed by atoms with Crippen molar-refractivity contribution in [1.29, 1.82) is 0 Å². The lowest BCUT2D eigenvalue weighted by molar-refractivity contribution is 0.181. The molecule has 3 heteroatoms. The van der Waals surface area contributed by atoms with E-state index >= 15 is 0 Å². The topological polar surface area (TPSA) is 32.3 Å². The van der Waals surface area contributed by atoms with E-state index in [1.165, 1.54) is 5.56 Å². The third-order valence-corrected chi connectivity index (χ3v) is 2.72. The minimum Gasteiger partial charge on any atom is -0.386 e. The first-order valence-corrected chi connectivity index (χ1v) is 4.50. The molecule has 0 bridgehead atoms. The van der Waals surface area contributed by atoms with E-state index in [9.17, 15) is 5.11 Å². The minimum absolute atomic E-state index is 0.347. The van der Waals surface area contributed by atoms with Crippen molar-refractivity contribution in [2.24, 2.45) is 0 Å². The molecule has 0 saturated carbocycles. The second-order valence-electron chi connectivity index (χ2n) is 2.54. The van der Waals surface area contributed by atoms with Crippen LogP contribution >= 0.6 is 11.3 Å². The summed E-state index contributed by atoms with van der Waals surface area (Å²) >= 11 is 1.61. The van der Waals surface area contributed by atoms with Gasteiger partial charge in [-0.1, -0.05) is 0 Å². The van der Waals surface area contributed by atoms with Crippen LogP contribution in [-0.4, -0.2) is 18.7 Å². The molecule has 1 unspecified atom stereocenters. The fraction of sp³-hybridized carbons (Fsp3) is 0.500. The van der Waals surface area contributed by atoms with E-state index in [4.69, 9.17) is 0 Å². The molecule has 2 nitrogen and oxygen atoms in total. The van der Waals surface area contributed by atoms with Crippen molar-refractivity contribution < 1.29 is 5.11 Å². The monoisotopic (exact) mass is 171 g/mol. The molecule has 2 N–H and O–H groups in total. The lowest BCUT2D eigenvalue weighted by Gasteiger charge is -2.08. The number of likely N-dealkylation sites (N-methyl/N-ethyl adjacent to an activating group) is 1. The van der Waals surface area contributed by atoms with Gasteiger partial charge in [-0.2, -0.15) is 0 Å². The first kappa shape index (κ1) is 8.71. The highest BCUT2D eigenvalue weighted by Crippen LogP contribution is 2.22. The summed E-state index contributed by atoms with van der Waals surface area (Å²) in [6.07, 6.45) is -0.347. The number of hydrogen-bond donors (Lipinski definition) is 2. The Balaban J connectivity index is 2.67. The zero-order valence-electron chi connectivity index (χ0n) is 6.79. The fourth-order valence-electron chi connectivity index (χ4n) is 1.01. The van der Waals surface area contributed by atoms with Gasteiger partial charge in [0.2, 0.25) is 0 Å². The van der Waals surface area contributed by atoms with Crippen LogP contribution < -0.4 is 5.32 Å². The van der Waals surface area contributed by atoms with E-state index in [0.29, 0.717) is 6.54 Å². The molecule has 0 aliphatic carbocycles. The van der Waals surface area contributed by atoms with Crippen LogP contribution in [0.15, 0.2) is 11.4 Å². The van der Waals surface area contributed by atoms with Gasteiger partial charge < -0.3 is 10.4 Å². The number of hydrogen-bond acceptors (Lipinski definition) is 3. The summed E-state index contributed by atoms with van der Waals surface area (Å²) in [4.78, 5) is 1.07. The first-order valence-electron chi connectivity index (χ1n) is 3.62. The number of rotatable bonds is 3. The normalized spacial score (nSPS) is 13.4. The Bertz CT molecular complexity index is 222. The highest BCUT2D eigenvalue weighted by atomic mass is 32.1. The number of aliphatic hydroxyl groups is 1. The highest BCUT2D eigenvalue weighted by Gasteiger charge is 2.09. The predicted molar refractivity (Wildman–Crippen MR) is 47.9 cm³/mol. The Morgan fingerprint density at radius 1 is 1.73 bits per heavy atom. The van der Waals surface area contributed by atoms with Gasteiger partial charge in [0.15, 0.2) is 0 Å². The highest BCUT2D eigenvalue weighted by molar-refractivity contribution is 7.10. The van der Waals surface area contributed by atoms with E-state index < -0.39 is 0 Å². The van der Waals surface area contributed by atoms with Gasteiger partial charge in [0, 0.05) is 11.4 Å². The van der Waals surface area contributed by atoms with Crippen molar-refractivity contribution in [3.63, 3.8) is 0 Å². The summed E-state index contributed by atoms with van der Waals surface area (Å²) in [6, 6.07) is 2.03. The van der Waals surface area contributed by atoms with Gasteiger partial charge in [-0.3, -0.25) is 0 Å². The summed E-state index contributed by atoms with van der Waals surface area (Å²) in [5, 5.41) is 14.5. The molecular formula is C8H13NOS. The standard InChI is InChI=1S/C8H13NOS/c1-6-3-4-11-8(6)7(10)5-9-2/h3-4,7,9-10H,5H2,1-2H3. The molecule has 1 aromatic rings. The van der Waals surface area contributed by atoms with Crippen molar-refractivity contribution in [3.05, 3.63) is 21.9 Å². The molecule has 0 fully saturated rings. The maximum Gasteiger partial charge on any atom is 0.101 e. The maximum atomic E-state index is 9.54. The zero-order chi connectivity index (χ0) is 8.27. The van der Waals surface area contributed by atoms with Crippen LogP contribution in [0.4, 0.5) is 0 Å². The number of aryl methyl sites for hydroxylation is 1. The summed E-state index contributed by atoms with van der Waals surface area (Å²) in [5.74, 6) is 0. The second kappa shape index (κ2) is 3.85. The van der Waals surface area contributed by atoms with Crippen molar-refractivity contribution in [1.82, 2.24) is 5.32 Å². The summed E-state index contributed by atoms with van der Waals surface area (Å²) in [5.41, 5.74) is 1.18. The van der Waals surface area contributed by atoms with E-state index in [1.54, 1.807) is 11.3 Å². The van der Waals surface area contributed by atoms with E-state index in [0.717, 1.165) is 4.88 Å². The van der Waals surface area contributed by atoms with Crippen LogP contribution in [0.2, 0.25) is 0 Å². The third-order valence-electron chi connectivity index (χ3n) is 1.60. The van der Waals surface area contributed by atoms with Crippen LogP contribution in [0.5, 0.6) is 0 Å². The van der Waals surface area contributed by atoms with Crippen LogP contribution in [0.25, 0.3) is 0 Å². The molecule has 1 heterocycles. The van der Waals surface area contributed by atoms with E-state index in [-0.39, 0.29) is 6.10 Å².